The SMILES string of the molecule is COC(=O)CNC(=O)c1cccc(NC(=O)c2cccc(S(C)(=O)=O)c2)c1. The number of carbonyl (C=O) groups excluding carboxylic acids is 3. The van der Waals surface area contributed by atoms with Gasteiger partial charge in [0.15, 0.2) is 9.84 Å². The number of nitrogens with one attached hydrogen (secondary N) is 2. The summed E-state index contributed by atoms with van der Waals surface area (Å²) in [6.07, 6.45) is 1.06. The lowest BCUT2D eigenvalue weighted by atomic mass is 10.1. The zero-order valence-electron chi connectivity index (χ0n) is 14.7. The van der Waals surface area contributed by atoms with Gasteiger partial charge in [-0.3, -0.25) is 14.4 Å². The zero-order valence-corrected chi connectivity index (χ0v) is 15.5. The predicted molar refractivity (Wildman–Crippen MR) is 98.3 cm³/mol. The van der Waals surface area contributed by atoms with Gasteiger partial charge in [-0.2, -0.15) is 0 Å². The average Bonchev–Trinajstić information content (AvgIpc) is 2.65. The Balaban J connectivity index is 2.13. The minimum absolute atomic E-state index is 0.0334. The summed E-state index contributed by atoms with van der Waals surface area (Å²) < 4.78 is 27.7. The Morgan fingerprint density at radius 3 is 2.22 bits per heavy atom. The molecular weight excluding hydrogens is 372 g/mol. The largest absolute Gasteiger partial charge is 0.468 e. The van der Waals surface area contributed by atoms with Crippen LogP contribution < -0.4 is 10.6 Å². The van der Waals surface area contributed by atoms with E-state index in [1.807, 2.05) is 0 Å². The summed E-state index contributed by atoms with van der Waals surface area (Å²) in [6, 6.07) is 11.7. The van der Waals surface area contributed by atoms with E-state index >= 15 is 0 Å². The molecule has 0 heterocycles. The Labute approximate surface area is 156 Å². The fourth-order valence-electron chi connectivity index (χ4n) is 2.14. The predicted octanol–water partition coefficient (Wildman–Crippen LogP) is 1.25. The molecule has 0 fully saturated rings. The molecule has 0 aliphatic heterocycles. The molecule has 9 heteroatoms. The fourth-order valence-corrected chi connectivity index (χ4v) is 2.80. The molecule has 2 amide bonds. The highest BCUT2D eigenvalue weighted by molar-refractivity contribution is 7.90. The van der Waals surface area contributed by atoms with E-state index in [-0.39, 0.29) is 22.6 Å². The van der Waals surface area contributed by atoms with Gasteiger partial charge in [0.2, 0.25) is 0 Å². The standard InChI is InChI=1S/C18H18N2O6S/c1-26-16(21)11-19-17(22)12-5-3-7-14(9-12)20-18(23)13-6-4-8-15(10-13)27(2,24)25/h3-10H,11H2,1-2H3,(H,19,22)(H,20,23). The third-order valence-corrected chi connectivity index (χ3v) is 4.64. The second-order valence-electron chi connectivity index (χ2n) is 5.59. The number of sulfone groups is 1. The van der Waals surface area contributed by atoms with Crippen molar-refractivity contribution in [2.45, 2.75) is 4.90 Å². The smallest absolute Gasteiger partial charge is 0.325 e. The van der Waals surface area contributed by atoms with Gasteiger partial charge in [0.1, 0.15) is 6.54 Å². The molecule has 142 valence electrons. The van der Waals surface area contributed by atoms with Gasteiger partial charge in [0, 0.05) is 23.1 Å². The quantitative estimate of drug-likeness (QED) is 0.717. The molecule has 0 atom stereocenters. The molecule has 0 spiro atoms. The minimum Gasteiger partial charge on any atom is -0.468 e. The highest BCUT2D eigenvalue weighted by Crippen LogP contribution is 2.15. The summed E-state index contributed by atoms with van der Waals surface area (Å²) >= 11 is 0. The molecule has 2 aromatic carbocycles. The molecule has 0 saturated carbocycles. The van der Waals surface area contributed by atoms with Gasteiger partial charge in [-0.1, -0.05) is 12.1 Å². The van der Waals surface area contributed by atoms with Gasteiger partial charge in [0.05, 0.1) is 12.0 Å². The number of methoxy groups -OCH3 is 1. The number of amides is 2. The van der Waals surface area contributed by atoms with Gasteiger partial charge in [-0.25, -0.2) is 8.42 Å². The van der Waals surface area contributed by atoms with Gasteiger partial charge >= 0.3 is 5.97 Å². The van der Waals surface area contributed by atoms with Crippen LogP contribution in [-0.2, 0) is 19.4 Å². The minimum atomic E-state index is -3.44. The Morgan fingerprint density at radius 1 is 0.963 bits per heavy atom. The van der Waals surface area contributed by atoms with Crippen LogP contribution in [0.1, 0.15) is 20.7 Å². The third kappa shape index (κ3) is 5.65. The lowest BCUT2D eigenvalue weighted by Gasteiger charge is -2.09. The molecule has 8 nitrogen and oxygen atoms in total. The van der Waals surface area contributed by atoms with Crippen molar-refractivity contribution in [3.8, 4) is 0 Å². The van der Waals surface area contributed by atoms with Crippen LogP contribution >= 0.6 is 0 Å². The summed E-state index contributed by atoms with van der Waals surface area (Å²) in [5.41, 5.74) is 0.746. The first-order valence-corrected chi connectivity index (χ1v) is 9.66. The van der Waals surface area contributed by atoms with Crippen molar-refractivity contribution in [3.63, 3.8) is 0 Å². The second kappa shape index (κ2) is 8.45. The first kappa shape index (κ1) is 20.1. The van der Waals surface area contributed by atoms with E-state index in [1.165, 1.54) is 43.5 Å². The van der Waals surface area contributed by atoms with Crippen LogP contribution in [0.15, 0.2) is 53.4 Å². The van der Waals surface area contributed by atoms with E-state index < -0.39 is 27.6 Å². The van der Waals surface area contributed by atoms with Crippen LogP contribution in [0, 0.1) is 0 Å². The molecular formula is C18H18N2O6S. The highest BCUT2D eigenvalue weighted by atomic mass is 32.2. The zero-order chi connectivity index (χ0) is 20.0. The third-order valence-electron chi connectivity index (χ3n) is 3.53. The number of carbonyl (C=O) groups is 3. The molecule has 0 radical (unpaired) electrons. The fraction of sp³-hybridized carbons (Fsp3) is 0.167. The molecule has 0 bridgehead atoms. The second-order valence-corrected chi connectivity index (χ2v) is 7.61. The van der Waals surface area contributed by atoms with Gasteiger partial charge in [-0.15, -0.1) is 0 Å². The van der Waals surface area contributed by atoms with Crippen LogP contribution in [0.25, 0.3) is 0 Å². The molecule has 2 rings (SSSR count). The molecule has 0 aromatic heterocycles. The van der Waals surface area contributed by atoms with Crippen molar-refractivity contribution in [2.75, 3.05) is 25.2 Å². The molecule has 0 aliphatic carbocycles. The summed E-state index contributed by atoms with van der Waals surface area (Å²) in [5, 5.41) is 5.00. The normalized spacial score (nSPS) is 10.7. The van der Waals surface area contributed by atoms with Gasteiger partial charge < -0.3 is 15.4 Å². The Hall–Kier alpha value is -3.20. The number of ether oxygens (including phenoxy) is 1. The van der Waals surface area contributed by atoms with Crippen molar-refractivity contribution in [1.29, 1.82) is 0 Å². The molecule has 0 unspecified atom stereocenters. The maximum Gasteiger partial charge on any atom is 0.325 e. The first-order chi connectivity index (χ1) is 12.7. The number of anilines is 1. The maximum absolute atomic E-state index is 12.4. The summed E-state index contributed by atoms with van der Waals surface area (Å²) in [5.74, 6) is -1.61. The van der Waals surface area contributed by atoms with Crippen LogP contribution in [0.4, 0.5) is 5.69 Å². The monoisotopic (exact) mass is 390 g/mol. The van der Waals surface area contributed by atoms with Gasteiger partial charge in [-0.05, 0) is 36.4 Å². The number of rotatable bonds is 6. The van der Waals surface area contributed by atoms with Crippen LogP contribution in [-0.4, -0.2) is 46.1 Å². The number of hydrogen-bond acceptors (Lipinski definition) is 6. The van der Waals surface area contributed by atoms with Crippen LogP contribution in [0.5, 0.6) is 0 Å². The Bertz CT molecular complexity index is 985. The van der Waals surface area contributed by atoms with E-state index in [1.54, 1.807) is 12.1 Å². The lowest BCUT2D eigenvalue weighted by Crippen LogP contribution is -2.30. The molecule has 2 aromatic rings. The first-order valence-electron chi connectivity index (χ1n) is 7.77. The summed E-state index contributed by atoms with van der Waals surface area (Å²) in [7, 11) is -2.22. The van der Waals surface area contributed by atoms with E-state index in [0.717, 1.165) is 6.26 Å². The topological polar surface area (TPSA) is 119 Å². The molecule has 0 aliphatic rings. The number of hydrogen-bond donors (Lipinski definition) is 2. The lowest BCUT2D eigenvalue weighted by molar-refractivity contribution is -0.139. The van der Waals surface area contributed by atoms with Crippen molar-refractivity contribution in [2.24, 2.45) is 0 Å². The van der Waals surface area contributed by atoms with Gasteiger partial charge in [0.25, 0.3) is 11.8 Å². The molecule has 2 N–H and O–H groups in total. The van der Waals surface area contributed by atoms with E-state index in [2.05, 4.69) is 15.4 Å². The maximum atomic E-state index is 12.4. The van der Waals surface area contributed by atoms with E-state index in [4.69, 9.17) is 0 Å². The van der Waals surface area contributed by atoms with E-state index in [0.29, 0.717) is 5.69 Å². The van der Waals surface area contributed by atoms with E-state index in [9.17, 15) is 22.8 Å². The van der Waals surface area contributed by atoms with Crippen molar-refractivity contribution < 1.29 is 27.5 Å². The van der Waals surface area contributed by atoms with Crippen molar-refractivity contribution in [1.82, 2.24) is 5.32 Å². The van der Waals surface area contributed by atoms with Crippen molar-refractivity contribution in [3.05, 3.63) is 59.7 Å². The van der Waals surface area contributed by atoms with Crippen LogP contribution in [0.2, 0.25) is 0 Å². The Kier molecular flexibility index (Phi) is 6.30. The summed E-state index contributed by atoms with van der Waals surface area (Å²) in [6.45, 7) is -0.274. The van der Waals surface area contributed by atoms with Crippen molar-refractivity contribution >= 4 is 33.3 Å². The molecule has 27 heavy (non-hydrogen) atoms. The number of esters is 1. The molecule has 0 saturated heterocycles. The summed E-state index contributed by atoms with van der Waals surface area (Å²) in [4.78, 5) is 35.5. The van der Waals surface area contributed by atoms with Crippen LogP contribution in [0.3, 0.4) is 0 Å². The Morgan fingerprint density at radius 2 is 1.59 bits per heavy atom. The average molecular weight is 390 g/mol. The highest BCUT2D eigenvalue weighted by Gasteiger charge is 2.13. The number of benzene rings is 2.